The number of halogens is 1. The average Bonchev–Trinajstić information content (AvgIpc) is 2.57. The van der Waals surface area contributed by atoms with Gasteiger partial charge in [0.15, 0.2) is 0 Å². The number of nitrogen functional groups attached to an aromatic ring is 1. The van der Waals surface area contributed by atoms with Crippen LogP contribution in [0.25, 0.3) is 0 Å². The lowest BCUT2D eigenvalue weighted by molar-refractivity contribution is 0.570. The van der Waals surface area contributed by atoms with Gasteiger partial charge in [0.2, 0.25) is 0 Å². The lowest BCUT2D eigenvalue weighted by Crippen LogP contribution is -2.29. The number of rotatable bonds is 2. The van der Waals surface area contributed by atoms with Crippen molar-refractivity contribution in [3.8, 4) is 0 Å². The highest BCUT2D eigenvalue weighted by Gasteiger charge is 2.22. The number of anilines is 3. The van der Waals surface area contributed by atoms with Crippen molar-refractivity contribution in [3.63, 3.8) is 0 Å². The van der Waals surface area contributed by atoms with Crippen LogP contribution in [0, 0.1) is 5.92 Å². The topological polar surface area (TPSA) is 32.5 Å². The van der Waals surface area contributed by atoms with Crippen molar-refractivity contribution < 1.29 is 0 Å². The van der Waals surface area contributed by atoms with E-state index >= 15 is 0 Å². The molecule has 2 aromatic carbocycles. The molecule has 0 saturated heterocycles. The lowest BCUT2D eigenvalue weighted by atomic mass is 10.1. The van der Waals surface area contributed by atoms with E-state index in [1.54, 1.807) is 0 Å². The summed E-state index contributed by atoms with van der Waals surface area (Å²) in [4.78, 5) is 4.83. The molecule has 3 nitrogen and oxygen atoms in total. The molecule has 1 unspecified atom stereocenters. The number of nitrogens with two attached hydrogens (primary N) is 1. The average molecular weight is 318 g/mol. The molecule has 0 saturated carbocycles. The molecule has 2 aromatic rings. The summed E-state index contributed by atoms with van der Waals surface area (Å²) in [6, 6.07) is 16.9. The second kappa shape index (κ2) is 6.93. The van der Waals surface area contributed by atoms with Gasteiger partial charge in [0.05, 0.1) is 11.4 Å². The van der Waals surface area contributed by atoms with Crippen molar-refractivity contribution in [2.45, 2.75) is 13.5 Å². The molecule has 3 rings (SSSR count). The second-order valence-corrected chi connectivity index (χ2v) is 6.10. The Kier molecular flexibility index (Phi) is 5.19. The summed E-state index contributed by atoms with van der Waals surface area (Å²) in [5.41, 5.74) is 10.6. The van der Waals surface area contributed by atoms with Gasteiger partial charge in [-0.25, -0.2) is 0 Å². The predicted octanol–water partition coefficient (Wildman–Crippen LogP) is 3.78. The Hall–Kier alpha value is -1.87. The van der Waals surface area contributed by atoms with Gasteiger partial charge in [-0.05, 0) is 35.7 Å². The van der Waals surface area contributed by atoms with E-state index in [1.165, 1.54) is 16.9 Å². The zero-order valence-electron chi connectivity index (χ0n) is 13.2. The molecule has 4 heteroatoms. The maximum Gasteiger partial charge on any atom is 0.0607 e. The molecule has 118 valence electrons. The molecule has 0 fully saturated rings. The number of benzene rings is 2. The van der Waals surface area contributed by atoms with E-state index in [0.717, 1.165) is 25.3 Å². The fourth-order valence-electron chi connectivity index (χ4n) is 3.21. The third-order valence-electron chi connectivity index (χ3n) is 4.08. The van der Waals surface area contributed by atoms with Gasteiger partial charge in [0.25, 0.3) is 0 Å². The van der Waals surface area contributed by atoms with Gasteiger partial charge in [-0.1, -0.05) is 31.2 Å². The van der Waals surface area contributed by atoms with E-state index < -0.39 is 0 Å². The summed E-state index contributed by atoms with van der Waals surface area (Å²) in [6.07, 6.45) is 0. The molecular formula is C18H24ClN3. The molecule has 1 heterocycles. The van der Waals surface area contributed by atoms with Crippen molar-refractivity contribution in [3.05, 3.63) is 54.1 Å². The standard InChI is InChI=1S/C18H23N3.ClH/c1-14-11-20(2)17-8-3-4-9-18(17)21(12-14)13-15-6-5-7-16(19)10-15;/h3-10,14H,11-13,19H2,1-2H3;1H. The van der Waals surface area contributed by atoms with Gasteiger partial charge in [-0.2, -0.15) is 0 Å². The van der Waals surface area contributed by atoms with Gasteiger partial charge in [0.1, 0.15) is 0 Å². The largest absolute Gasteiger partial charge is 0.399 e. The molecule has 0 aromatic heterocycles. The minimum Gasteiger partial charge on any atom is -0.399 e. The summed E-state index contributed by atoms with van der Waals surface area (Å²) in [7, 11) is 2.18. The molecule has 0 amide bonds. The first-order valence-electron chi connectivity index (χ1n) is 7.53. The molecule has 2 N–H and O–H groups in total. The Balaban J connectivity index is 0.00000176. The first-order valence-corrected chi connectivity index (χ1v) is 7.53. The van der Waals surface area contributed by atoms with Crippen LogP contribution in [0.2, 0.25) is 0 Å². The lowest BCUT2D eigenvalue weighted by Gasteiger charge is -2.26. The van der Waals surface area contributed by atoms with Crippen LogP contribution in [-0.2, 0) is 6.54 Å². The fourth-order valence-corrected chi connectivity index (χ4v) is 3.21. The summed E-state index contributed by atoms with van der Waals surface area (Å²) in [5.74, 6) is 0.628. The van der Waals surface area contributed by atoms with Crippen LogP contribution in [0.3, 0.4) is 0 Å². The van der Waals surface area contributed by atoms with Gasteiger partial charge >= 0.3 is 0 Å². The molecule has 0 spiro atoms. The van der Waals surface area contributed by atoms with Crippen molar-refractivity contribution in [2.75, 3.05) is 35.7 Å². The Morgan fingerprint density at radius 3 is 2.50 bits per heavy atom. The predicted molar refractivity (Wildman–Crippen MR) is 98.0 cm³/mol. The van der Waals surface area contributed by atoms with Crippen LogP contribution in [0.5, 0.6) is 0 Å². The van der Waals surface area contributed by atoms with Crippen molar-refractivity contribution in [1.29, 1.82) is 0 Å². The Labute approximate surface area is 139 Å². The summed E-state index contributed by atoms with van der Waals surface area (Å²) in [6.45, 7) is 5.37. The van der Waals surface area contributed by atoms with Gasteiger partial charge in [-0.15, -0.1) is 12.4 Å². The quantitative estimate of drug-likeness (QED) is 0.855. The van der Waals surface area contributed by atoms with Crippen LogP contribution in [0.4, 0.5) is 17.1 Å². The molecule has 1 aliphatic rings. The van der Waals surface area contributed by atoms with E-state index in [2.05, 4.69) is 60.2 Å². The minimum atomic E-state index is 0. The molecule has 0 bridgehead atoms. The monoisotopic (exact) mass is 317 g/mol. The molecule has 22 heavy (non-hydrogen) atoms. The SMILES string of the molecule is CC1CN(C)c2ccccc2N(Cc2cccc(N)c2)C1.Cl. The third kappa shape index (κ3) is 3.47. The van der Waals surface area contributed by atoms with Crippen LogP contribution in [0.15, 0.2) is 48.5 Å². The number of hydrogen-bond acceptors (Lipinski definition) is 3. The molecule has 0 aliphatic carbocycles. The summed E-state index contributed by atoms with van der Waals surface area (Å²) in [5, 5.41) is 0. The van der Waals surface area contributed by atoms with Crippen molar-refractivity contribution >= 4 is 29.5 Å². The van der Waals surface area contributed by atoms with Crippen LogP contribution < -0.4 is 15.5 Å². The van der Waals surface area contributed by atoms with E-state index in [4.69, 9.17) is 5.73 Å². The van der Waals surface area contributed by atoms with Crippen LogP contribution in [0.1, 0.15) is 12.5 Å². The van der Waals surface area contributed by atoms with Crippen LogP contribution in [-0.4, -0.2) is 20.1 Å². The number of nitrogens with zero attached hydrogens (tertiary/aromatic N) is 2. The van der Waals surface area contributed by atoms with Crippen molar-refractivity contribution in [1.82, 2.24) is 0 Å². The first kappa shape index (κ1) is 16.5. The zero-order valence-corrected chi connectivity index (χ0v) is 14.0. The van der Waals surface area contributed by atoms with Gasteiger partial charge in [0, 0.05) is 32.4 Å². The van der Waals surface area contributed by atoms with E-state index in [9.17, 15) is 0 Å². The highest BCUT2D eigenvalue weighted by Crippen LogP contribution is 2.33. The van der Waals surface area contributed by atoms with Crippen LogP contribution >= 0.6 is 12.4 Å². The maximum absolute atomic E-state index is 5.91. The molecule has 1 atom stereocenters. The van der Waals surface area contributed by atoms with E-state index in [0.29, 0.717) is 5.92 Å². The fraction of sp³-hybridized carbons (Fsp3) is 0.333. The first-order chi connectivity index (χ1) is 10.1. The second-order valence-electron chi connectivity index (χ2n) is 6.10. The normalized spacial score (nSPS) is 17.5. The highest BCUT2D eigenvalue weighted by atomic mass is 35.5. The maximum atomic E-state index is 5.91. The highest BCUT2D eigenvalue weighted by molar-refractivity contribution is 5.85. The zero-order chi connectivity index (χ0) is 14.8. The minimum absolute atomic E-state index is 0. The summed E-state index contributed by atoms with van der Waals surface area (Å²) >= 11 is 0. The number of hydrogen-bond donors (Lipinski definition) is 1. The van der Waals surface area contributed by atoms with Gasteiger partial charge in [-0.3, -0.25) is 0 Å². The number of para-hydroxylation sites is 2. The van der Waals surface area contributed by atoms with E-state index in [-0.39, 0.29) is 12.4 Å². The Morgan fingerprint density at radius 1 is 1.05 bits per heavy atom. The Bertz CT molecular complexity index is 629. The molecular weight excluding hydrogens is 294 g/mol. The van der Waals surface area contributed by atoms with Crippen molar-refractivity contribution in [2.24, 2.45) is 5.92 Å². The number of fused-ring (bicyclic) bond motifs is 1. The molecule has 1 aliphatic heterocycles. The third-order valence-corrected chi connectivity index (χ3v) is 4.08. The Morgan fingerprint density at radius 2 is 1.77 bits per heavy atom. The summed E-state index contributed by atoms with van der Waals surface area (Å²) < 4.78 is 0. The van der Waals surface area contributed by atoms with Gasteiger partial charge < -0.3 is 15.5 Å². The van der Waals surface area contributed by atoms with E-state index in [1.807, 2.05) is 12.1 Å². The smallest absolute Gasteiger partial charge is 0.0607 e. The molecule has 0 radical (unpaired) electrons.